The van der Waals surface area contributed by atoms with E-state index in [0.29, 0.717) is 11.8 Å². The van der Waals surface area contributed by atoms with Gasteiger partial charge in [0.15, 0.2) is 12.2 Å². The van der Waals surface area contributed by atoms with Crippen LogP contribution in [0.2, 0.25) is 0 Å². The summed E-state index contributed by atoms with van der Waals surface area (Å²) in [4.78, 5) is 57.6. The molecule has 1 N–H and O–H groups in total. The highest BCUT2D eigenvalue weighted by Gasteiger charge is 2.51. The lowest BCUT2D eigenvalue weighted by atomic mass is 9.96. The van der Waals surface area contributed by atoms with Gasteiger partial charge in [0, 0.05) is 33.3 Å². The Hall–Kier alpha value is -3.47. The third kappa shape index (κ3) is 7.05. The summed E-state index contributed by atoms with van der Waals surface area (Å²) in [6.07, 6.45) is -4.05. The first-order chi connectivity index (χ1) is 15.1. The van der Waals surface area contributed by atoms with Gasteiger partial charge in [0.05, 0.1) is 0 Å². The van der Waals surface area contributed by atoms with Crippen LogP contribution in [0, 0.1) is 0 Å². The van der Waals surface area contributed by atoms with Crippen LogP contribution in [0.3, 0.4) is 0 Å². The Bertz CT molecular complexity index is 853. The Kier molecular flexibility index (Phi) is 8.71. The summed E-state index contributed by atoms with van der Waals surface area (Å²) in [6.45, 7) is 4.41. The molecule has 1 amide bonds. The van der Waals surface area contributed by atoms with Crippen LogP contribution in [0.4, 0.5) is 0 Å². The molecule has 11 heteroatoms. The van der Waals surface area contributed by atoms with Crippen molar-refractivity contribution in [2.45, 2.75) is 58.3 Å². The molecule has 0 spiro atoms. The molecule has 0 unspecified atom stereocenters. The molecule has 2 rings (SSSR count). The molecule has 1 aliphatic heterocycles. The standard InChI is InChI=1S/C21H25NO10/c1-11(24)22-18-20(30-14(4)27)19(29-13(3)26)17(10-28-12(2)25)32-21(18)31-16-7-5-15(9-23)6-8-16/h5-9,17-21H,10H2,1-4H3,(H,22,24)/t17-,18-,19+,20+,21-/m0/s1. The zero-order chi connectivity index (χ0) is 23.8. The number of esters is 3. The molecule has 11 nitrogen and oxygen atoms in total. The molecule has 1 aromatic carbocycles. The molecular formula is C21H25NO10. The van der Waals surface area contributed by atoms with Gasteiger partial charge in [0.1, 0.15) is 30.8 Å². The summed E-state index contributed by atoms with van der Waals surface area (Å²) >= 11 is 0. The Balaban J connectivity index is 2.43. The van der Waals surface area contributed by atoms with Crippen molar-refractivity contribution in [1.29, 1.82) is 0 Å². The number of amides is 1. The van der Waals surface area contributed by atoms with Crippen LogP contribution in [-0.2, 0) is 38.1 Å². The van der Waals surface area contributed by atoms with E-state index in [0.717, 1.165) is 13.8 Å². The smallest absolute Gasteiger partial charge is 0.303 e. The lowest BCUT2D eigenvalue weighted by molar-refractivity contribution is -0.257. The van der Waals surface area contributed by atoms with Crippen molar-refractivity contribution in [1.82, 2.24) is 5.32 Å². The average Bonchev–Trinajstić information content (AvgIpc) is 2.70. The fourth-order valence-electron chi connectivity index (χ4n) is 3.15. The lowest BCUT2D eigenvalue weighted by Crippen LogP contribution is -2.67. The molecule has 0 bridgehead atoms. The number of carbonyl (C=O) groups is 5. The second-order valence-electron chi connectivity index (χ2n) is 7.02. The van der Waals surface area contributed by atoms with Gasteiger partial charge in [-0.1, -0.05) is 0 Å². The molecule has 1 fully saturated rings. The fourth-order valence-corrected chi connectivity index (χ4v) is 3.15. The number of carbonyl (C=O) groups excluding carboxylic acids is 5. The zero-order valence-corrected chi connectivity index (χ0v) is 18.1. The monoisotopic (exact) mass is 451 g/mol. The van der Waals surface area contributed by atoms with Crippen LogP contribution in [0.25, 0.3) is 0 Å². The highest BCUT2D eigenvalue weighted by Crippen LogP contribution is 2.29. The minimum absolute atomic E-state index is 0.287. The number of ether oxygens (including phenoxy) is 5. The predicted octanol–water partition coefficient (Wildman–Crippen LogP) is 0.534. The van der Waals surface area contributed by atoms with Gasteiger partial charge in [-0.25, -0.2) is 0 Å². The number of rotatable bonds is 8. The fraction of sp³-hybridized carbons (Fsp3) is 0.476. The van der Waals surface area contributed by atoms with Crippen LogP contribution in [0.15, 0.2) is 24.3 Å². The maximum atomic E-state index is 11.9. The Morgan fingerprint density at radius 1 is 0.938 bits per heavy atom. The molecule has 5 atom stereocenters. The SMILES string of the molecule is CC(=O)N[C@@H]1[C@@H](Oc2ccc(C=O)cc2)O[C@@H](COC(C)=O)[C@@H](OC(C)=O)[C@@H]1OC(C)=O. The predicted molar refractivity (Wildman–Crippen MR) is 106 cm³/mol. The first-order valence-electron chi connectivity index (χ1n) is 9.73. The van der Waals surface area contributed by atoms with Gasteiger partial charge in [0.2, 0.25) is 12.2 Å². The number of nitrogens with one attached hydrogen (secondary N) is 1. The first kappa shape index (κ1) is 24.8. The molecule has 0 saturated carbocycles. The molecule has 1 saturated heterocycles. The van der Waals surface area contributed by atoms with Crippen molar-refractivity contribution in [2.24, 2.45) is 0 Å². The van der Waals surface area contributed by atoms with Crippen molar-refractivity contribution in [3.05, 3.63) is 29.8 Å². The van der Waals surface area contributed by atoms with E-state index in [4.69, 9.17) is 23.7 Å². The third-order valence-electron chi connectivity index (χ3n) is 4.34. The van der Waals surface area contributed by atoms with Gasteiger partial charge in [-0.3, -0.25) is 24.0 Å². The molecule has 1 aromatic rings. The molecule has 32 heavy (non-hydrogen) atoms. The van der Waals surface area contributed by atoms with E-state index >= 15 is 0 Å². The van der Waals surface area contributed by atoms with E-state index in [-0.39, 0.29) is 12.4 Å². The molecule has 1 aliphatic rings. The number of benzene rings is 1. The highest BCUT2D eigenvalue weighted by molar-refractivity contribution is 5.75. The second-order valence-corrected chi connectivity index (χ2v) is 7.02. The van der Waals surface area contributed by atoms with Gasteiger partial charge in [-0.05, 0) is 24.3 Å². The second kappa shape index (κ2) is 11.2. The summed E-state index contributed by atoms with van der Waals surface area (Å²) in [5.74, 6) is -2.21. The topological polar surface area (TPSA) is 144 Å². The summed E-state index contributed by atoms with van der Waals surface area (Å²) in [6, 6.07) is 4.97. The molecule has 0 aromatic heterocycles. The molecule has 0 radical (unpaired) electrons. The lowest BCUT2D eigenvalue weighted by Gasteiger charge is -2.44. The van der Waals surface area contributed by atoms with Gasteiger partial charge >= 0.3 is 17.9 Å². The summed E-state index contributed by atoms with van der Waals surface area (Å²) in [5, 5.41) is 2.60. The van der Waals surface area contributed by atoms with Crippen molar-refractivity contribution < 1.29 is 47.7 Å². The maximum Gasteiger partial charge on any atom is 0.303 e. The van der Waals surface area contributed by atoms with Gasteiger partial charge < -0.3 is 29.0 Å². The van der Waals surface area contributed by atoms with E-state index < -0.39 is 54.5 Å². The molecular weight excluding hydrogens is 426 g/mol. The van der Waals surface area contributed by atoms with E-state index in [1.807, 2.05) is 0 Å². The number of hydrogen-bond acceptors (Lipinski definition) is 10. The maximum absolute atomic E-state index is 11.9. The Morgan fingerprint density at radius 3 is 2.03 bits per heavy atom. The zero-order valence-electron chi connectivity index (χ0n) is 18.1. The normalized spacial score (nSPS) is 24.6. The summed E-state index contributed by atoms with van der Waals surface area (Å²) in [5.41, 5.74) is 0.417. The van der Waals surface area contributed by atoms with Gasteiger partial charge in [-0.2, -0.15) is 0 Å². The first-order valence-corrected chi connectivity index (χ1v) is 9.73. The molecule has 1 heterocycles. The van der Waals surface area contributed by atoms with Crippen LogP contribution >= 0.6 is 0 Å². The molecule has 174 valence electrons. The van der Waals surface area contributed by atoms with Crippen molar-refractivity contribution in [2.75, 3.05) is 6.61 Å². The Morgan fingerprint density at radius 2 is 1.53 bits per heavy atom. The van der Waals surface area contributed by atoms with Crippen LogP contribution < -0.4 is 10.1 Å². The van der Waals surface area contributed by atoms with Crippen LogP contribution in [0.5, 0.6) is 5.75 Å². The molecule has 0 aliphatic carbocycles. The quantitative estimate of drug-likeness (QED) is 0.338. The van der Waals surface area contributed by atoms with E-state index in [1.54, 1.807) is 0 Å². The summed E-state index contributed by atoms with van der Waals surface area (Å²) in [7, 11) is 0. The van der Waals surface area contributed by atoms with Crippen LogP contribution in [0.1, 0.15) is 38.1 Å². The number of hydrogen-bond donors (Lipinski definition) is 1. The van der Waals surface area contributed by atoms with Crippen molar-refractivity contribution >= 4 is 30.1 Å². The van der Waals surface area contributed by atoms with Crippen molar-refractivity contribution in [3.8, 4) is 5.75 Å². The minimum Gasteiger partial charge on any atom is -0.463 e. The third-order valence-corrected chi connectivity index (χ3v) is 4.34. The minimum atomic E-state index is -1.22. The number of aldehydes is 1. The summed E-state index contributed by atoms with van der Waals surface area (Å²) < 4.78 is 27.4. The van der Waals surface area contributed by atoms with Gasteiger partial charge in [-0.15, -0.1) is 0 Å². The van der Waals surface area contributed by atoms with E-state index in [9.17, 15) is 24.0 Å². The van der Waals surface area contributed by atoms with Crippen LogP contribution in [-0.4, -0.2) is 67.4 Å². The largest absolute Gasteiger partial charge is 0.463 e. The van der Waals surface area contributed by atoms with Gasteiger partial charge in [0.25, 0.3) is 0 Å². The van der Waals surface area contributed by atoms with E-state index in [2.05, 4.69) is 5.32 Å². The van der Waals surface area contributed by atoms with Crippen molar-refractivity contribution in [3.63, 3.8) is 0 Å². The highest BCUT2D eigenvalue weighted by atomic mass is 16.7. The average molecular weight is 451 g/mol. The van der Waals surface area contributed by atoms with E-state index in [1.165, 1.54) is 38.1 Å². The Labute approximate surface area is 184 Å².